The first-order valence-electron chi connectivity index (χ1n) is 13.6. The topological polar surface area (TPSA) is 173 Å². The van der Waals surface area contributed by atoms with E-state index in [9.17, 15) is 19.0 Å². The standard InChI is InChI=1S/C31H36NO11P/c1-3-27(43-44(36,37)41-20-26(32)31(34)35)29(38-2)21-40-30(33)17-16-23-11-7-8-15-28(23)39-19-22-10-9-14-25(18-22)42-24-12-5-4-6-13-24/h3-15,18,26-27,29H,1,16-17,19-21,32H2,2H3,(H,34,35)(H,36,37)/t26-,27-,29?/m0/s1. The van der Waals surface area contributed by atoms with E-state index < -0.39 is 44.6 Å². The highest BCUT2D eigenvalue weighted by atomic mass is 31.2. The van der Waals surface area contributed by atoms with E-state index in [1.54, 1.807) is 0 Å². The highest BCUT2D eigenvalue weighted by Gasteiger charge is 2.32. The number of hydrogen-bond acceptors (Lipinski definition) is 10. The number of benzene rings is 3. The van der Waals surface area contributed by atoms with E-state index in [1.165, 1.54) is 13.2 Å². The Morgan fingerprint density at radius 3 is 2.41 bits per heavy atom. The largest absolute Gasteiger partial charge is 0.489 e. The number of esters is 1. The average molecular weight is 630 g/mol. The smallest absolute Gasteiger partial charge is 0.472 e. The maximum atomic E-state index is 12.6. The maximum absolute atomic E-state index is 12.6. The number of carboxylic acid groups (broad SMARTS) is 1. The Morgan fingerprint density at radius 1 is 1.00 bits per heavy atom. The molecular formula is C31H36NO11P. The highest BCUT2D eigenvalue weighted by molar-refractivity contribution is 7.47. The molecule has 12 nitrogen and oxygen atoms in total. The van der Waals surface area contributed by atoms with Gasteiger partial charge >= 0.3 is 19.8 Å². The molecule has 0 aliphatic rings. The number of phosphoric ester groups is 1. The molecule has 0 amide bonds. The van der Waals surface area contributed by atoms with Crippen molar-refractivity contribution in [2.45, 2.75) is 37.7 Å². The van der Waals surface area contributed by atoms with Crippen LogP contribution in [-0.2, 0) is 45.7 Å². The van der Waals surface area contributed by atoms with Crippen molar-refractivity contribution in [3.8, 4) is 17.2 Å². The van der Waals surface area contributed by atoms with Crippen molar-refractivity contribution < 1.29 is 52.1 Å². The number of para-hydroxylation sites is 2. The van der Waals surface area contributed by atoms with Gasteiger partial charge in [0, 0.05) is 13.5 Å². The first-order valence-corrected chi connectivity index (χ1v) is 15.1. The number of methoxy groups -OCH3 is 1. The fourth-order valence-electron chi connectivity index (χ4n) is 3.81. The molecule has 13 heteroatoms. The fraction of sp³-hybridized carbons (Fsp3) is 0.290. The van der Waals surface area contributed by atoms with E-state index in [0.29, 0.717) is 17.9 Å². The zero-order valence-electron chi connectivity index (χ0n) is 24.2. The molecule has 0 aliphatic carbocycles. The summed E-state index contributed by atoms with van der Waals surface area (Å²) in [6.07, 6.45) is -0.718. The third kappa shape index (κ3) is 11.6. The number of rotatable bonds is 19. The Hall–Kier alpha value is -4.03. The average Bonchev–Trinajstić information content (AvgIpc) is 3.02. The van der Waals surface area contributed by atoms with Gasteiger partial charge in [-0.2, -0.15) is 0 Å². The predicted octanol–water partition coefficient (Wildman–Crippen LogP) is 4.65. The summed E-state index contributed by atoms with van der Waals surface area (Å²) in [7, 11) is -3.44. The number of phosphoric acid groups is 1. The number of ether oxygens (including phenoxy) is 4. The van der Waals surface area contributed by atoms with Gasteiger partial charge in [-0.05, 0) is 47.9 Å². The van der Waals surface area contributed by atoms with E-state index in [0.717, 1.165) is 16.9 Å². The van der Waals surface area contributed by atoms with Crippen LogP contribution in [0.3, 0.4) is 0 Å². The number of carbonyl (C=O) groups excluding carboxylic acids is 1. The van der Waals surface area contributed by atoms with Crippen LogP contribution in [0, 0.1) is 0 Å². The second kappa shape index (κ2) is 17.3. The van der Waals surface area contributed by atoms with Gasteiger partial charge in [0.1, 0.15) is 48.7 Å². The van der Waals surface area contributed by atoms with E-state index in [2.05, 4.69) is 11.1 Å². The molecule has 3 rings (SSSR count). The van der Waals surface area contributed by atoms with Crippen LogP contribution >= 0.6 is 7.82 Å². The number of nitrogens with two attached hydrogens (primary N) is 1. The van der Waals surface area contributed by atoms with Crippen LogP contribution < -0.4 is 15.2 Å². The summed E-state index contributed by atoms with van der Waals surface area (Å²) in [5.74, 6) is 0.0639. The zero-order valence-corrected chi connectivity index (χ0v) is 25.0. The third-order valence-corrected chi connectivity index (χ3v) is 7.13. The Balaban J connectivity index is 1.50. The van der Waals surface area contributed by atoms with Gasteiger partial charge in [0.15, 0.2) is 0 Å². The molecule has 0 bridgehead atoms. The van der Waals surface area contributed by atoms with Gasteiger partial charge in [0.2, 0.25) is 0 Å². The lowest BCUT2D eigenvalue weighted by atomic mass is 10.1. The first-order chi connectivity index (χ1) is 21.1. The fourth-order valence-corrected chi connectivity index (χ4v) is 4.75. The van der Waals surface area contributed by atoms with Gasteiger partial charge in [0.25, 0.3) is 0 Å². The molecule has 0 saturated heterocycles. The lowest BCUT2D eigenvalue weighted by molar-refractivity contribution is -0.149. The Labute approximate surface area is 255 Å². The van der Waals surface area contributed by atoms with Gasteiger partial charge in [-0.3, -0.25) is 18.6 Å². The molecule has 0 aliphatic heterocycles. The van der Waals surface area contributed by atoms with Gasteiger partial charge in [-0.25, -0.2) is 4.57 Å². The van der Waals surface area contributed by atoms with Crippen LogP contribution in [-0.4, -0.2) is 60.5 Å². The van der Waals surface area contributed by atoms with Gasteiger partial charge < -0.3 is 34.7 Å². The second-order valence-electron chi connectivity index (χ2n) is 9.43. The minimum atomic E-state index is -4.74. The van der Waals surface area contributed by atoms with Crippen molar-refractivity contribution >= 4 is 19.8 Å². The number of carboxylic acids is 1. The van der Waals surface area contributed by atoms with Crippen LogP contribution in [0.1, 0.15) is 17.5 Å². The van der Waals surface area contributed by atoms with Gasteiger partial charge in [-0.1, -0.05) is 54.6 Å². The number of aliphatic carboxylic acids is 1. The molecule has 236 valence electrons. The first kappa shape index (κ1) is 34.5. The van der Waals surface area contributed by atoms with E-state index in [1.807, 2.05) is 78.9 Å². The van der Waals surface area contributed by atoms with Crippen molar-refractivity contribution in [1.82, 2.24) is 0 Å². The third-order valence-electron chi connectivity index (χ3n) is 6.14. The molecule has 0 fully saturated rings. The molecule has 4 N–H and O–H groups in total. The quantitative estimate of drug-likeness (QED) is 0.0953. The molecule has 4 atom stereocenters. The van der Waals surface area contributed by atoms with Crippen molar-refractivity contribution in [2.75, 3.05) is 20.3 Å². The summed E-state index contributed by atoms with van der Waals surface area (Å²) in [5, 5.41) is 8.80. The summed E-state index contributed by atoms with van der Waals surface area (Å²) in [6, 6.07) is 22.8. The number of hydrogen-bond donors (Lipinski definition) is 3. The molecule has 3 aromatic rings. The minimum absolute atomic E-state index is 0.0193. The second-order valence-corrected chi connectivity index (χ2v) is 10.8. The van der Waals surface area contributed by atoms with Crippen LogP contribution in [0.25, 0.3) is 0 Å². The van der Waals surface area contributed by atoms with Crippen LogP contribution in [0.5, 0.6) is 17.2 Å². The van der Waals surface area contributed by atoms with E-state index in [-0.39, 0.29) is 19.6 Å². The van der Waals surface area contributed by atoms with Crippen LogP contribution in [0.4, 0.5) is 0 Å². The molecular weight excluding hydrogens is 593 g/mol. The molecule has 3 aromatic carbocycles. The molecule has 0 heterocycles. The summed E-state index contributed by atoms with van der Waals surface area (Å²) in [5.41, 5.74) is 6.98. The lowest BCUT2D eigenvalue weighted by Crippen LogP contribution is -2.36. The van der Waals surface area contributed by atoms with Gasteiger partial charge in [0.05, 0.1) is 6.61 Å². The summed E-state index contributed by atoms with van der Waals surface area (Å²) < 4.78 is 44.4. The van der Waals surface area contributed by atoms with Crippen molar-refractivity contribution in [3.05, 3.63) is 103 Å². The van der Waals surface area contributed by atoms with E-state index >= 15 is 0 Å². The monoisotopic (exact) mass is 629 g/mol. The molecule has 44 heavy (non-hydrogen) atoms. The summed E-state index contributed by atoms with van der Waals surface area (Å²) >= 11 is 0. The van der Waals surface area contributed by atoms with Crippen molar-refractivity contribution in [1.29, 1.82) is 0 Å². The number of carbonyl (C=O) groups is 2. The SMILES string of the molecule is C=C[C@H](OP(=O)(O)OC[C@H](N)C(=O)O)C(COC(=O)CCc1ccccc1OCc1cccc(Oc2ccccc2)c1)OC. The van der Waals surface area contributed by atoms with Gasteiger partial charge in [-0.15, -0.1) is 6.58 Å². The van der Waals surface area contributed by atoms with Crippen molar-refractivity contribution in [2.24, 2.45) is 5.73 Å². The summed E-state index contributed by atoms with van der Waals surface area (Å²) in [4.78, 5) is 33.3. The van der Waals surface area contributed by atoms with Crippen LogP contribution in [0.15, 0.2) is 91.5 Å². The molecule has 0 aromatic heterocycles. The van der Waals surface area contributed by atoms with E-state index in [4.69, 9.17) is 34.3 Å². The molecule has 0 spiro atoms. The molecule has 0 radical (unpaired) electrons. The Bertz CT molecular complexity index is 1420. The highest BCUT2D eigenvalue weighted by Crippen LogP contribution is 2.45. The Morgan fingerprint density at radius 2 is 1.70 bits per heavy atom. The Kier molecular flexibility index (Phi) is 13.6. The summed E-state index contributed by atoms with van der Waals surface area (Å²) in [6.45, 7) is 2.74. The lowest BCUT2D eigenvalue weighted by Gasteiger charge is -2.25. The molecule has 2 unspecified atom stereocenters. The number of aryl methyl sites for hydroxylation is 1. The normalized spacial score (nSPS) is 14.4. The minimum Gasteiger partial charge on any atom is -0.489 e. The van der Waals surface area contributed by atoms with Crippen LogP contribution in [0.2, 0.25) is 0 Å². The molecule has 0 saturated carbocycles. The zero-order chi connectivity index (χ0) is 32.0. The predicted molar refractivity (Wildman–Crippen MR) is 160 cm³/mol. The maximum Gasteiger partial charge on any atom is 0.472 e. The van der Waals surface area contributed by atoms with Crippen molar-refractivity contribution in [3.63, 3.8) is 0 Å².